The number of amides is 1. The van der Waals surface area contributed by atoms with Crippen LogP contribution in [0.3, 0.4) is 0 Å². The molecule has 6 heteroatoms. The van der Waals surface area contributed by atoms with Crippen LogP contribution in [0.1, 0.15) is 46.5 Å². The number of hydrogen-bond donors (Lipinski definition) is 1. The molecule has 0 aliphatic heterocycles. The molecule has 120 valence electrons. The average Bonchev–Trinajstić information content (AvgIpc) is 2.37. The summed E-state index contributed by atoms with van der Waals surface area (Å²) in [6.07, 6.45) is 4.09. The van der Waals surface area contributed by atoms with Crippen LogP contribution in [0.2, 0.25) is 0 Å². The van der Waals surface area contributed by atoms with Gasteiger partial charge in [-0.3, -0.25) is 14.5 Å². The van der Waals surface area contributed by atoms with Crippen molar-refractivity contribution in [1.29, 1.82) is 0 Å². The second-order valence-corrected chi connectivity index (χ2v) is 5.02. The highest BCUT2D eigenvalue weighted by molar-refractivity contribution is 5.85. The standard InChI is InChI=1S/C14H28N2O3.ClH/c1-5-7-9-16(10-8-6-2)13(17)11-15(4)12(3)14(18)19;/h12H,5-11H2,1-4H3,(H,18,19);1H. The molecule has 0 bridgehead atoms. The second kappa shape index (κ2) is 12.0. The van der Waals surface area contributed by atoms with Gasteiger partial charge in [-0.05, 0) is 26.8 Å². The van der Waals surface area contributed by atoms with Crippen LogP contribution in [-0.4, -0.2) is 59.5 Å². The number of likely N-dealkylation sites (N-methyl/N-ethyl adjacent to an activating group) is 1. The minimum absolute atomic E-state index is 0. The Bertz CT molecular complexity index is 280. The molecule has 0 aromatic carbocycles. The smallest absolute Gasteiger partial charge is 0.320 e. The van der Waals surface area contributed by atoms with E-state index in [1.807, 2.05) is 4.90 Å². The van der Waals surface area contributed by atoms with Crippen molar-refractivity contribution in [2.45, 2.75) is 52.5 Å². The van der Waals surface area contributed by atoms with Crippen molar-refractivity contribution in [1.82, 2.24) is 9.80 Å². The zero-order valence-corrected chi connectivity index (χ0v) is 13.9. The predicted molar refractivity (Wildman–Crippen MR) is 83.4 cm³/mol. The van der Waals surface area contributed by atoms with Gasteiger partial charge in [-0.1, -0.05) is 26.7 Å². The fourth-order valence-electron chi connectivity index (χ4n) is 1.70. The van der Waals surface area contributed by atoms with E-state index in [1.165, 1.54) is 0 Å². The van der Waals surface area contributed by atoms with Gasteiger partial charge < -0.3 is 10.0 Å². The number of carboxylic acids is 1. The Morgan fingerprint density at radius 1 is 1.10 bits per heavy atom. The highest BCUT2D eigenvalue weighted by Gasteiger charge is 2.21. The van der Waals surface area contributed by atoms with Crippen molar-refractivity contribution in [3.63, 3.8) is 0 Å². The lowest BCUT2D eigenvalue weighted by atomic mass is 10.2. The number of halogens is 1. The normalized spacial score (nSPS) is 11.8. The molecule has 0 heterocycles. The first-order valence-corrected chi connectivity index (χ1v) is 7.14. The van der Waals surface area contributed by atoms with Crippen LogP contribution in [-0.2, 0) is 9.59 Å². The number of hydrogen-bond acceptors (Lipinski definition) is 3. The number of rotatable bonds is 10. The summed E-state index contributed by atoms with van der Waals surface area (Å²) < 4.78 is 0. The van der Waals surface area contributed by atoms with E-state index in [0.29, 0.717) is 0 Å². The third-order valence-corrected chi connectivity index (χ3v) is 3.32. The Morgan fingerprint density at radius 3 is 1.90 bits per heavy atom. The quantitative estimate of drug-likeness (QED) is 0.672. The Labute approximate surface area is 128 Å². The van der Waals surface area contributed by atoms with Crippen molar-refractivity contribution in [2.75, 3.05) is 26.7 Å². The van der Waals surface area contributed by atoms with Gasteiger partial charge in [0.1, 0.15) is 6.04 Å². The first-order valence-electron chi connectivity index (χ1n) is 7.14. The maximum absolute atomic E-state index is 12.2. The van der Waals surface area contributed by atoms with Gasteiger partial charge in [-0.25, -0.2) is 0 Å². The van der Waals surface area contributed by atoms with E-state index in [9.17, 15) is 9.59 Å². The molecule has 1 N–H and O–H groups in total. The van der Waals surface area contributed by atoms with Crippen LogP contribution >= 0.6 is 12.4 Å². The predicted octanol–water partition coefficient (Wildman–Crippen LogP) is 2.24. The number of carbonyl (C=O) groups is 2. The maximum Gasteiger partial charge on any atom is 0.320 e. The van der Waals surface area contributed by atoms with Gasteiger partial charge in [0.05, 0.1) is 6.54 Å². The van der Waals surface area contributed by atoms with Gasteiger partial charge in [-0.2, -0.15) is 0 Å². The fourth-order valence-corrected chi connectivity index (χ4v) is 1.70. The van der Waals surface area contributed by atoms with Crippen molar-refractivity contribution in [3.05, 3.63) is 0 Å². The monoisotopic (exact) mass is 308 g/mol. The summed E-state index contributed by atoms with van der Waals surface area (Å²) in [7, 11) is 1.68. The zero-order valence-electron chi connectivity index (χ0n) is 13.1. The van der Waals surface area contributed by atoms with E-state index in [0.717, 1.165) is 38.8 Å². The molecule has 5 nitrogen and oxygen atoms in total. The Hall–Kier alpha value is -0.810. The van der Waals surface area contributed by atoms with Crippen LogP contribution in [0.25, 0.3) is 0 Å². The molecule has 0 fully saturated rings. The van der Waals surface area contributed by atoms with Crippen molar-refractivity contribution in [2.24, 2.45) is 0 Å². The van der Waals surface area contributed by atoms with Crippen molar-refractivity contribution < 1.29 is 14.7 Å². The Kier molecular flexibility index (Phi) is 12.9. The van der Waals surface area contributed by atoms with Crippen LogP contribution in [0.4, 0.5) is 0 Å². The van der Waals surface area contributed by atoms with E-state index < -0.39 is 12.0 Å². The molecule has 0 saturated carbocycles. The van der Waals surface area contributed by atoms with Crippen LogP contribution in [0.15, 0.2) is 0 Å². The van der Waals surface area contributed by atoms with E-state index in [-0.39, 0.29) is 24.9 Å². The number of carbonyl (C=O) groups excluding carboxylic acids is 1. The molecule has 0 spiro atoms. The van der Waals surface area contributed by atoms with Crippen LogP contribution in [0.5, 0.6) is 0 Å². The van der Waals surface area contributed by atoms with Gasteiger partial charge in [-0.15, -0.1) is 12.4 Å². The first-order chi connectivity index (χ1) is 8.93. The Balaban J connectivity index is 0. The molecule has 0 saturated heterocycles. The summed E-state index contributed by atoms with van der Waals surface area (Å²) in [5, 5.41) is 8.92. The lowest BCUT2D eigenvalue weighted by Crippen LogP contribution is -2.45. The summed E-state index contributed by atoms with van der Waals surface area (Å²) in [6.45, 7) is 7.50. The Morgan fingerprint density at radius 2 is 1.55 bits per heavy atom. The molecular formula is C14H29ClN2O3. The molecule has 0 aliphatic rings. The van der Waals surface area contributed by atoms with Crippen molar-refractivity contribution >= 4 is 24.3 Å². The number of unbranched alkanes of at least 4 members (excludes halogenated alkanes) is 2. The number of carboxylic acid groups (broad SMARTS) is 1. The summed E-state index contributed by atoms with van der Waals surface area (Å²) in [5.74, 6) is -0.874. The third-order valence-electron chi connectivity index (χ3n) is 3.32. The van der Waals surface area contributed by atoms with E-state index in [4.69, 9.17) is 5.11 Å². The zero-order chi connectivity index (χ0) is 14.8. The topological polar surface area (TPSA) is 60.9 Å². The number of nitrogens with zero attached hydrogens (tertiary/aromatic N) is 2. The third kappa shape index (κ3) is 8.38. The summed E-state index contributed by atoms with van der Waals surface area (Å²) >= 11 is 0. The molecule has 0 aliphatic carbocycles. The van der Waals surface area contributed by atoms with Crippen LogP contribution in [0, 0.1) is 0 Å². The summed E-state index contributed by atoms with van der Waals surface area (Å²) in [4.78, 5) is 26.5. The minimum atomic E-state index is -0.899. The average molecular weight is 309 g/mol. The van der Waals surface area contributed by atoms with E-state index >= 15 is 0 Å². The van der Waals surface area contributed by atoms with Gasteiger partial charge in [0.15, 0.2) is 0 Å². The van der Waals surface area contributed by atoms with Crippen molar-refractivity contribution in [3.8, 4) is 0 Å². The fraction of sp³-hybridized carbons (Fsp3) is 0.857. The summed E-state index contributed by atoms with van der Waals surface area (Å²) in [5.41, 5.74) is 0. The molecule has 0 aromatic heterocycles. The molecular weight excluding hydrogens is 280 g/mol. The molecule has 20 heavy (non-hydrogen) atoms. The first kappa shape index (κ1) is 21.5. The molecule has 0 radical (unpaired) electrons. The van der Waals surface area contributed by atoms with E-state index in [1.54, 1.807) is 18.9 Å². The van der Waals surface area contributed by atoms with Gasteiger partial charge in [0, 0.05) is 13.1 Å². The van der Waals surface area contributed by atoms with Gasteiger partial charge in [0.2, 0.25) is 5.91 Å². The van der Waals surface area contributed by atoms with Gasteiger partial charge in [0.25, 0.3) is 0 Å². The largest absolute Gasteiger partial charge is 0.480 e. The van der Waals surface area contributed by atoms with Crippen LogP contribution < -0.4 is 0 Å². The second-order valence-electron chi connectivity index (χ2n) is 5.02. The molecule has 1 amide bonds. The lowest BCUT2D eigenvalue weighted by Gasteiger charge is -2.27. The highest BCUT2D eigenvalue weighted by Crippen LogP contribution is 2.03. The number of aliphatic carboxylic acids is 1. The highest BCUT2D eigenvalue weighted by atomic mass is 35.5. The van der Waals surface area contributed by atoms with Gasteiger partial charge >= 0.3 is 5.97 Å². The maximum atomic E-state index is 12.2. The SMILES string of the molecule is CCCCN(CCCC)C(=O)CN(C)C(C)C(=O)O.Cl. The van der Waals surface area contributed by atoms with E-state index in [2.05, 4.69) is 13.8 Å². The molecule has 0 rings (SSSR count). The summed E-state index contributed by atoms with van der Waals surface area (Å²) in [6, 6.07) is -0.636. The molecule has 1 unspecified atom stereocenters. The molecule has 0 aromatic rings. The molecule has 1 atom stereocenters. The lowest BCUT2D eigenvalue weighted by molar-refractivity contribution is -0.143. The minimum Gasteiger partial charge on any atom is -0.480 e.